The first-order chi connectivity index (χ1) is 6.33. The fourth-order valence-electron chi connectivity index (χ4n) is 0.913. The van der Waals surface area contributed by atoms with Gasteiger partial charge in [0.25, 0.3) is 0 Å². The molecular weight excluding hydrogens is 223 g/mol. The lowest BCUT2D eigenvalue weighted by Gasteiger charge is -2.13. The Hall–Kier alpha value is -0.790. The lowest BCUT2D eigenvalue weighted by Crippen LogP contribution is -2.28. The van der Waals surface area contributed by atoms with Crippen molar-refractivity contribution in [3.8, 4) is 0 Å². The van der Waals surface area contributed by atoms with Gasteiger partial charge >= 0.3 is 15.6 Å². The molecule has 0 saturated heterocycles. The van der Waals surface area contributed by atoms with Crippen molar-refractivity contribution in [2.75, 3.05) is 6.54 Å². The average Bonchev–Trinajstić information content (AvgIpc) is 2.03. The highest BCUT2D eigenvalue weighted by Crippen LogP contribution is 2.25. The predicted molar refractivity (Wildman–Crippen MR) is 42.2 cm³/mol. The molecule has 0 aliphatic carbocycles. The lowest BCUT2D eigenvalue weighted by atomic mass is 10.2. The molecule has 1 rings (SSSR count). The molecular formula is C6H8F3NO3S. The molecule has 14 heavy (non-hydrogen) atoms. The first-order valence-corrected chi connectivity index (χ1v) is 5.28. The van der Waals surface area contributed by atoms with Gasteiger partial charge in [0, 0.05) is 13.0 Å². The summed E-state index contributed by atoms with van der Waals surface area (Å²) >= 11 is 0. The minimum Gasteiger partial charge on any atom is -0.360 e. The lowest BCUT2D eigenvalue weighted by molar-refractivity contribution is -0.0505. The number of alkyl halides is 3. The van der Waals surface area contributed by atoms with E-state index in [1.54, 1.807) is 0 Å². The maximum Gasteiger partial charge on any atom is 0.534 e. The number of rotatable bonds is 1. The van der Waals surface area contributed by atoms with E-state index >= 15 is 0 Å². The van der Waals surface area contributed by atoms with Crippen molar-refractivity contribution in [3.05, 3.63) is 0 Å². The Morgan fingerprint density at radius 1 is 1.29 bits per heavy atom. The van der Waals surface area contributed by atoms with Crippen LogP contribution in [0.5, 0.6) is 0 Å². The average molecular weight is 231 g/mol. The number of nitrogens with zero attached hydrogens (tertiary/aromatic N) is 1. The van der Waals surface area contributed by atoms with Crippen LogP contribution in [0.3, 0.4) is 0 Å². The number of aliphatic imine (C=N–C) groups is 1. The minimum atomic E-state index is -5.53. The molecule has 82 valence electrons. The molecule has 0 N–H and O–H groups in total. The summed E-state index contributed by atoms with van der Waals surface area (Å²) in [5, 5.41) is 0. The van der Waals surface area contributed by atoms with E-state index in [2.05, 4.69) is 9.18 Å². The van der Waals surface area contributed by atoms with E-state index in [0.717, 1.165) is 6.42 Å². The summed E-state index contributed by atoms with van der Waals surface area (Å²) in [4.78, 5) is 3.54. The third-order valence-corrected chi connectivity index (χ3v) is 2.56. The first-order valence-electron chi connectivity index (χ1n) is 3.87. The Labute approximate surface area is 78.9 Å². The summed E-state index contributed by atoms with van der Waals surface area (Å²) in [6.45, 7) is 0.308. The Bertz CT molecular complexity index is 333. The summed E-state index contributed by atoms with van der Waals surface area (Å²) in [6, 6.07) is 0. The predicted octanol–water partition coefficient (Wildman–Crippen LogP) is 1.44. The Balaban J connectivity index is 2.73. The molecule has 1 heterocycles. The number of halogens is 3. The highest BCUT2D eigenvalue weighted by Gasteiger charge is 2.49. The van der Waals surface area contributed by atoms with Gasteiger partial charge in [-0.15, -0.1) is 0 Å². The summed E-state index contributed by atoms with van der Waals surface area (Å²) in [5.41, 5.74) is -5.38. The minimum absolute atomic E-state index is 0.134. The van der Waals surface area contributed by atoms with Crippen LogP contribution in [0.4, 0.5) is 13.2 Å². The van der Waals surface area contributed by atoms with Gasteiger partial charge in [-0.05, 0) is 12.8 Å². The van der Waals surface area contributed by atoms with Crippen LogP contribution in [0.25, 0.3) is 0 Å². The topological polar surface area (TPSA) is 55.7 Å². The second-order valence-corrected chi connectivity index (χ2v) is 4.25. The highest BCUT2D eigenvalue weighted by atomic mass is 32.2. The normalized spacial score (nSPS) is 18.9. The Morgan fingerprint density at radius 2 is 1.93 bits per heavy atom. The summed E-state index contributed by atoms with van der Waals surface area (Å²) < 4.78 is 60.3. The second-order valence-electron chi connectivity index (χ2n) is 2.72. The molecule has 0 atom stereocenters. The van der Waals surface area contributed by atoms with E-state index in [-0.39, 0.29) is 12.3 Å². The zero-order chi connectivity index (χ0) is 10.8. The molecule has 0 fully saturated rings. The fraction of sp³-hybridized carbons (Fsp3) is 0.833. The van der Waals surface area contributed by atoms with Gasteiger partial charge < -0.3 is 4.18 Å². The largest absolute Gasteiger partial charge is 0.534 e. The van der Waals surface area contributed by atoms with Crippen LogP contribution in [0.15, 0.2) is 4.99 Å². The van der Waals surface area contributed by atoms with E-state index in [9.17, 15) is 21.6 Å². The smallest absolute Gasteiger partial charge is 0.360 e. The quantitative estimate of drug-likeness (QED) is 0.506. The molecule has 1 aliphatic rings. The monoisotopic (exact) mass is 231 g/mol. The van der Waals surface area contributed by atoms with Crippen LogP contribution in [0, 0.1) is 0 Å². The Kier molecular flexibility index (Phi) is 3.03. The molecule has 0 spiro atoms. The van der Waals surface area contributed by atoms with Crippen LogP contribution < -0.4 is 0 Å². The van der Waals surface area contributed by atoms with Crippen LogP contribution in [-0.2, 0) is 14.3 Å². The number of hydrogen-bond donors (Lipinski definition) is 0. The van der Waals surface area contributed by atoms with Gasteiger partial charge in [0.2, 0.25) is 5.90 Å². The molecule has 0 saturated carbocycles. The van der Waals surface area contributed by atoms with Gasteiger partial charge in [0.15, 0.2) is 0 Å². The maximum atomic E-state index is 11.8. The summed E-state index contributed by atoms with van der Waals surface area (Å²) in [5.74, 6) is -0.353. The van der Waals surface area contributed by atoms with Crippen molar-refractivity contribution in [1.29, 1.82) is 0 Å². The van der Waals surface area contributed by atoms with E-state index in [0.29, 0.717) is 13.0 Å². The van der Waals surface area contributed by atoms with Gasteiger partial charge in [-0.2, -0.15) is 21.6 Å². The zero-order valence-corrected chi connectivity index (χ0v) is 7.86. The van der Waals surface area contributed by atoms with Gasteiger partial charge in [0.1, 0.15) is 0 Å². The van der Waals surface area contributed by atoms with Crippen LogP contribution in [0.2, 0.25) is 0 Å². The third-order valence-electron chi connectivity index (χ3n) is 1.58. The summed E-state index contributed by atoms with van der Waals surface area (Å²) in [7, 11) is -5.53. The Morgan fingerprint density at radius 3 is 2.36 bits per heavy atom. The van der Waals surface area contributed by atoms with E-state index in [1.807, 2.05) is 0 Å². The van der Waals surface area contributed by atoms with Gasteiger partial charge in [-0.1, -0.05) is 0 Å². The molecule has 1 aliphatic heterocycles. The molecule has 0 aromatic carbocycles. The van der Waals surface area contributed by atoms with Crippen LogP contribution in [0.1, 0.15) is 19.3 Å². The SMILES string of the molecule is O=S(=O)(OC1=NCCCC1)C(F)(F)F. The first kappa shape index (κ1) is 11.3. The van der Waals surface area contributed by atoms with Crippen LogP contribution in [-0.4, -0.2) is 26.4 Å². The molecule has 0 radical (unpaired) electrons. The maximum absolute atomic E-state index is 11.8. The third kappa shape index (κ3) is 2.60. The van der Waals surface area contributed by atoms with E-state index < -0.39 is 15.6 Å². The van der Waals surface area contributed by atoms with Crippen molar-refractivity contribution in [2.24, 2.45) is 4.99 Å². The van der Waals surface area contributed by atoms with E-state index in [4.69, 9.17) is 0 Å². The molecule has 8 heteroatoms. The van der Waals surface area contributed by atoms with Gasteiger partial charge in [0.05, 0.1) is 0 Å². The van der Waals surface area contributed by atoms with Gasteiger partial charge in [-0.3, -0.25) is 4.99 Å². The van der Waals surface area contributed by atoms with Crippen LogP contribution >= 0.6 is 0 Å². The van der Waals surface area contributed by atoms with Crippen molar-refractivity contribution < 1.29 is 25.8 Å². The molecule has 0 aromatic rings. The summed E-state index contributed by atoms with van der Waals surface area (Å²) in [6.07, 6.45) is 1.46. The highest BCUT2D eigenvalue weighted by molar-refractivity contribution is 7.88. The fourth-order valence-corrected chi connectivity index (χ4v) is 1.40. The number of hydrogen-bond acceptors (Lipinski definition) is 4. The molecule has 0 bridgehead atoms. The van der Waals surface area contributed by atoms with Crippen molar-refractivity contribution in [2.45, 2.75) is 24.8 Å². The second kappa shape index (κ2) is 3.76. The zero-order valence-electron chi connectivity index (χ0n) is 7.04. The molecule has 0 unspecified atom stereocenters. The standard InChI is InChI=1S/C6H8F3NO3S/c7-6(8,9)14(11,12)13-5-3-1-2-4-10-5/h1-4H2. The van der Waals surface area contributed by atoms with E-state index in [1.165, 1.54) is 0 Å². The molecule has 0 amide bonds. The van der Waals surface area contributed by atoms with Crippen molar-refractivity contribution >= 4 is 16.0 Å². The molecule has 4 nitrogen and oxygen atoms in total. The van der Waals surface area contributed by atoms with Crippen molar-refractivity contribution in [3.63, 3.8) is 0 Å². The van der Waals surface area contributed by atoms with Crippen molar-refractivity contribution in [1.82, 2.24) is 0 Å². The van der Waals surface area contributed by atoms with Gasteiger partial charge in [-0.25, -0.2) is 0 Å². The molecule has 0 aromatic heterocycles.